The van der Waals surface area contributed by atoms with Gasteiger partial charge in [0.1, 0.15) is 0 Å². The number of unbranched alkanes of at least 4 members (excludes halogenated alkanes) is 40. The number of carbonyl (C=O) groups is 2. The van der Waals surface area contributed by atoms with Gasteiger partial charge in [-0.3, -0.25) is 9.59 Å². The first-order valence-corrected chi connectivity index (χ1v) is 28.6. The van der Waals surface area contributed by atoms with Gasteiger partial charge in [0.2, 0.25) is 5.91 Å². The fourth-order valence-electron chi connectivity index (χ4n) is 8.81. The van der Waals surface area contributed by atoms with Crippen LogP contribution in [0.15, 0.2) is 24.3 Å². The molecular formula is C58H111NO5. The van der Waals surface area contributed by atoms with Crippen molar-refractivity contribution in [1.29, 1.82) is 0 Å². The summed E-state index contributed by atoms with van der Waals surface area (Å²) in [6.07, 6.45) is 64.7. The van der Waals surface area contributed by atoms with Crippen LogP contribution >= 0.6 is 0 Å². The Bertz CT molecular complexity index is 997. The molecule has 0 fully saturated rings. The van der Waals surface area contributed by atoms with Gasteiger partial charge >= 0.3 is 5.97 Å². The molecule has 6 nitrogen and oxygen atoms in total. The Morgan fingerprint density at radius 3 is 1.11 bits per heavy atom. The lowest BCUT2D eigenvalue weighted by Crippen LogP contribution is -2.45. The molecule has 2 unspecified atom stereocenters. The second-order valence-corrected chi connectivity index (χ2v) is 19.6. The summed E-state index contributed by atoms with van der Waals surface area (Å²) in [5.74, 6) is -0.0790. The maximum atomic E-state index is 12.4. The van der Waals surface area contributed by atoms with Gasteiger partial charge in [0.15, 0.2) is 0 Å². The predicted octanol–water partition coefficient (Wildman–Crippen LogP) is 17.5. The second kappa shape index (κ2) is 54.0. The van der Waals surface area contributed by atoms with E-state index in [9.17, 15) is 19.8 Å². The molecule has 2 atom stereocenters. The van der Waals surface area contributed by atoms with Crippen molar-refractivity contribution in [2.24, 2.45) is 0 Å². The third-order valence-electron chi connectivity index (χ3n) is 13.2. The smallest absolute Gasteiger partial charge is 0.305 e. The fraction of sp³-hybridized carbons (Fsp3) is 0.897. The molecule has 0 rings (SSSR count). The Balaban J connectivity index is 3.44. The van der Waals surface area contributed by atoms with Crippen LogP contribution in [0.2, 0.25) is 0 Å². The summed E-state index contributed by atoms with van der Waals surface area (Å²) in [5.41, 5.74) is 0. The van der Waals surface area contributed by atoms with Crippen molar-refractivity contribution >= 4 is 11.9 Å². The van der Waals surface area contributed by atoms with Crippen LogP contribution in [0.1, 0.15) is 309 Å². The van der Waals surface area contributed by atoms with Crippen molar-refractivity contribution in [3.63, 3.8) is 0 Å². The van der Waals surface area contributed by atoms with Crippen molar-refractivity contribution < 1.29 is 24.5 Å². The molecule has 64 heavy (non-hydrogen) atoms. The summed E-state index contributed by atoms with van der Waals surface area (Å²) in [7, 11) is 0. The van der Waals surface area contributed by atoms with Crippen molar-refractivity contribution in [3.8, 4) is 0 Å². The zero-order valence-corrected chi connectivity index (χ0v) is 43.0. The lowest BCUT2D eigenvalue weighted by atomic mass is 10.0. The van der Waals surface area contributed by atoms with Crippen molar-refractivity contribution in [1.82, 2.24) is 5.32 Å². The van der Waals surface area contributed by atoms with Crippen LogP contribution in [0.25, 0.3) is 0 Å². The molecule has 6 heteroatoms. The minimum Gasteiger partial charge on any atom is -0.466 e. The maximum Gasteiger partial charge on any atom is 0.305 e. The summed E-state index contributed by atoms with van der Waals surface area (Å²) in [6, 6.07) is -0.633. The predicted molar refractivity (Wildman–Crippen MR) is 278 cm³/mol. The van der Waals surface area contributed by atoms with E-state index in [1.165, 1.54) is 238 Å². The van der Waals surface area contributed by atoms with Gasteiger partial charge in [-0.1, -0.05) is 263 Å². The van der Waals surface area contributed by atoms with Crippen LogP contribution in [0.5, 0.6) is 0 Å². The van der Waals surface area contributed by atoms with Crippen LogP contribution in [0.3, 0.4) is 0 Å². The first kappa shape index (κ1) is 62.3. The average Bonchev–Trinajstić information content (AvgIpc) is 3.29. The lowest BCUT2D eigenvalue weighted by Gasteiger charge is -2.20. The monoisotopic (exact) mass is 902 g/mol. The van der Waals surface area contributed by atoms with Gasteiger partial charge < -0.3 is 20.3 Å². The van der Waals surface area contributed by atoms with Crippen molar-refractivity contribution in [2.75, 3.05) is 13.2 Å². The molecule has 3 N–H and O–H groups in total. The molecule has 0 saturated heterocycles. The van der Waals surface area contributed by atoms with Crippen LogP contribution in [-0.4, -0.2) is 47.4 Å². The Morgan fingerprint density at radius 2 is 0.734 bits per heavy atom. The van der Waals surface area contributed by atoms with Gasteiger partial charge in [0.05, 0.1) is 25.4 Å². The molecule has 0 heterocycles. The number of aliphatic hydroxyl groups is 2. The van der Waals surface area contributed by atoms with Gasteiger partial charge in [-0.05, 0) is 57.8 Å². The Hall–Kier alpha value is -1.66. The summed E-state index contributed by atoms with van der Waals surface area (Å²) < 4.78 is 5.48. The number of esters is 1. The summed E-state index contributed by atoms with van der Waals surface area (Å²) >= 11 is 0. The number of hydrogen-bond acceptors (Lipinski definition) is 5. The standard InChI is InChI=1S/C58H111NO5/c1-3-5-7-9-11-13-15-17-19-24-28-32-36-40-44-48-52-58(63)64-53-49-45-41-37-33-29-25-21-20-23-27-31-35-39-43-47-51-57(62)59-55(54-60)56(61)50-46-42-38-34-30-26-22-18-16-14-12-10-8-6-4-2/h19,24,46,50,55-56,60-61H,3-18,20-23,25-45,47-49,51-54H2,1-2H3,(H,59,62)/b24-19-,50-46+. The highest BCUT2D eigenvalue weighted by molar-refractivity contribution is 5.76. The van der Waals surface area contributed by atoms with Gasteiger partial charge in [0.25, 0.3) is 0 Å². The molecular weight excluding hydrogens is 791 g/mol. The highest BCUT2D eigenvalue weighted by Gasteiger charge is 2.18. The first-order valence-electron chi connectivity index (χ1n) is 28.6. The van der Waals surface area contributed by atoms with E-state index >= 15 is 0 Å². The summed E-state index contributed by atoms with van der Waals surface area (Å²) in [5, 5.41) is 23.1. The number of ether oxygens (including phenoxy) is 1. The fourth-order valence-corrected chi connectivity index (χ4v) is 8.81. The summed E-state index contributed by atoms with van der Waals surface area (Å²) in [4.78, 5) is 24.5. The minimum absolute atomic E-state index is 0.00508. The molecule has 0 radical (unpaired) electrons. The molecule has 0 aliphatic carbocycles. The minimum atomic E-state index is -0.849. The van der Waals surface area contributed by atoms with E-state index in [0.717, 1.165) is 44.9 Å². The maximum absolute atomic E-state index is 12.4. The second-order valence-electron chi connectivity index (χ2n) is 19.6. The Kier molecular flexibility index (Phi) is 52.6. The van der Waals surface area contributed by atoms with E-state index in [1.54, 1.807) is 6.08 Å². The Labute approximate surface area is 399 Å². The SMILES string of the molecule is CCCCCCCCC/C=C\CCCCCCCC(=O)OCCCCCCCCCCCCCCCCCCC(=O)NC(CO)C(O)/C=C/CCCCCCCCCCCCCCC. The van der Waals surface area contributed by atoms with Crippen LogP contribution in [0, 0.1) is 0 Å². The van der Waals surface area contributed by atoms with Crippen LogP contribution in [0.4, 0.5) is 0 Å². The first-order chi connectivity index (χ1) is 31.5. The molecule has 0 aromatic heterocycles. The zero-order chi connectivity index (χ0) is 46.5. The number of aliphatic hydroxyl groups excluding tert-OH is 2. The molecule has 0 saturated carbocycles. The lowest BCUT2D eigenvalue weighted by molar-refractivity contribution is -0.143. The average molecular weight is 903 g/mol. The molecule has 0 bridgehead atoms. The van der Waals surface area contributed by atoms with Crippen LogP contribution in [-0.2, 0) is 14.3 Å². The van der Waals surface area contributed by atoms with E-state index in [0.29, 0.717) is 19.4 Å². The topological polar surface area (TPSA) is 95.9 Å². The highest BCUT2D eigenvalue weighted by atomic mass is 16.5. The van der Waals surface area contributed by atoms with Crippen molar-refractivity contribution in [2.45, 2.75) is 321 Å². The number of rotatable bonds is 53. The highest BCUT2D eigenvalue weighted by Crippen LogP contribution is 2.17. The third kappa shape index (κ3) is 49.8. The number of nitrogens with one attached hydrogen (secondary N) is 1. The number of amides is 1. The quantitative estimate of drug-likeness (QED) is 0.0321. The summed E-state index contributed by atoms with van der Waals surface area (Å²) in [6.45, 7) is 4.89. The van der Waals surface area contributed by atoms with E-state index in [4.69, 9.17) is 4.74 Å². The van der Waals surface area contributed by atoms with E-state index in [-0.39, 0.29) is 18.5 Å². The molecule has 0 aliphatic rings. The molecule has 0 aromatic carbocycles. The van der Waals surface area contributed by atoms with E-state index < -0.39 is 12.1 Å². The molecule has 0 spiro atoms. The van der Waals surface area contributed by atoms with Crippen LogP contribution < -0.4 is 5.32 Å². The zero-order valence-electron chi connectivity index (χ0n) is 43.0. The van der Waals surface area contributed by atoms with Gasteiger partial charge in [-0.15, -0.1) is 0 Å². The molecule has 1 amide bonds. The van der Waals surface area contributed by atoms with Gasteiger partial charge in [0, 0.05) is 12.8 Å². The van der Waals surface area contributed by atoms with Gasteiger partial charge in [-0.25, -0.2) is 0 Å². The number of hydrogen-bond donors (Lipinski definition) is 3. The molecule has 0 aromatic rings. The Morgan fingerprint density at radius 1 is 0.422 bits per heavy atom. The molecule has 378 valence electrons. The van der Waals surface area contributed by atoms with E-state index in [1.807, 2.05) is 6.08 Å². The normalized spacial score (nSPS) is 12.8. The van der Waals surface area contributed by atoms with Gasteiger partial charge in [-0.2, -0.15) is 0 Å². The van der Waals surface area contributed by atoms with E-state index in [2.05, 4.69) is 31.3 Å². The number of carbonyl (C=O) groups excluding carboxylic acids is 2. The van der Waals surface area contributed by atoms with Crippen molar-refractivity contribution in [3.05, 3.63) is 24.3 Å². The molecule has 0 aliphatic heterocycles. The largest absolute Gasteiger partial charge is 0.466 e. The third-order valence-corrected chi connectivity index (χ3v) is 13.2. The number of allylic oxidation sites excluding steroid dienone is 3.